The van der Waals surface area contributed by atoms with Gasteiger partial charge in [-0.05, 0) is 43.3 Å². The van der Waals surface area contributed by atoms with Crippen molar-refractivity contribution in [2.45, 2.75) is 25.6 Å². The maximum atomic E-state index is 6.23. The lowest BCUT2D eigenvalue weighted by Crippen LogP contribution is -2.37. The van der Waals surface area contributed by atoms with Gasteiger partial charge < -0.3 is 5.73 Å². The molecule has 2 atom stereocenters. The minimum Gasteiger partial charge on any atom is -0.326 e. The molecule has 2 aromatic rings. The molecule has 112 valence electrons. The van der Waals surface area contributed by atoms with Gasteiger partial charge in [-0.3, -0.25) is 4.90 Å². The maximum absolute atomic E-state index is 6.23. The Morgan fingerprint density at radius 1 is 1.19 bits per heavy atom. The molecule has 0 amide bonds. The summed E-state index contributed by atoms with van der Waals surface area (Å²) in [5, 5.41) is 0.763. The lowest BCUT2D eigenvalue weighted by atomic mass is 9.99. The van der Waals surface area contributed by atoms with Crippen molar-refractivity contribution in [2.24, 2.45) is 5.73 Å². The average molecular weight is 368 g/mol. The Morgan fingerprint density at radius 2 is 1.90 bits per heavy atom. The van der Waals surface area contributed by atoms with Crippen LogP contribution in [-0.2, 0) is 6.54 Å². The van der Waals surface area contributed by atoms with Gasteiger partial charge in [0.25, 0.3) is 0 Å². The van der Waals surface area contributed by atoms with Crippen LogP contribution in [0.2, 0.25) is 5.02 Å². The molecular formula is C17H20BrClN2. The van der Waals surface area contributed by atoms with E-state index in [0.717, 1.165) is 16.0 Å². The Labute approximate surface area is 140 Å². The lowest BCUT2D eigenvalue weighted by molar-refractivity contribution is 0.210. The zero-order valence-corrected chi connectivity index (χ0v) is 14.6. The van der Waals surface area contributed by atoms with E-state index in [0.29, 0.717) is 0 Å². The van der Waals surface area contributed by atoms with Crippen molar-refractivity contribution in [1.82, 2.24) is 4.90 Å². The van der Waals surface area contributed by atoms with E-state index >= 15 is 0 Å². The van der Waals surface area contributed by atoms with E-state index in [-0.39, 0.29) is 12.1 Å². The molecule has 0 aliphatic heterocycles. The molecule has 0 aromatic heterocycles. The number of benzene rings is 2. The summed E-state index contributed by atoms with van der Waals surface area (Å²) in [6.07, 6.45) is 0. The zero-order valence-electron chi connectivity index (χ0n) is 12.3. The smallest absolute Gasteiger partial charge is 0.0508 e. The molecule has 0 fully saturated rings. The van der Waals surface area contributed by atoms with Crippen LogP contribution in [0.3, 0.4) is 0 Å². The maximum Gasteiger partial charge on any atom is 0.0508 e. The monoisotopic (exact) mass is 366 g/mol. The molecule has 2 aromatic carbocycles. The van der Waals surface area contributed by atoms with Gasteiger partial charge in [0.1, 0.15) is 0 Å². The van der Waals surface area contributed by atoms with E-state index in [9.17, 15) is 0 Å². The van der Waals surface area contributed by atoms with Crippen molar-refractivity contribution in [3.05, 3.63) is 69.2 Å². The van der Waals surface area contributed by atoms with Crippen LogP contribution >= 0.6 is 27.5 Å². The summed E-state index contributed by atoms with van der Waals surface area (Å²) < 4.78 is 1.09. The van der Waals surface area contributed by atoms with Gasteiger partial charge in [0.2, 0.25) is 0 Å². The first kappa shape index (κ1) is 16.5. The lowest BCUT2D eigenvalue weighted by Gasteiger charge is -2.32. The van der Waals surface area contributed by atoms with Crippen LogP contribution in [0.1, 0.15) is 24.1 Å². The summed E-state index contributed by atoms with van der Waals surface area (Å²) in [5.74, 6) is 0. The van der Waals surface area contributed by atoms with E-state index in [2.05, 4.69) is 46.1 Å². The first-order chi connectivity index (χ1) is 9.99. The fourth-order valence-electron chi connectivity index (χ4n) is 2.66. The van der Waals surface area contributed by atoms with Crippen LogP contribution in [-0.4, -0.2) is 18.0 Å². The number of halogens is 2. The van der Waals surface area contributed by atoms with Crippen molar-refractivity contribution < 1.29 is 0 Å². The van der Waals surface area contributed by atoms with Gasteiger partial charge in [0, 0.05) is 22.1 Å². The molecule has 0 saturated heterocycles. The van der Waals surface area contributed by atoms with Crippen molar-refractivity contribution >= 4 is 27.5 Å². The Kier molecular flexibility index (Phi) is 5.82. The van der Waals surface area contributed by atoms with E-state index in [1.807, 2.05) is 37.3 Å². The number of hydrogen-bond acceptors (Lipinski definition) is 2. The third-order valence-electron chi connectivity index (χ3n) is 3.52. The van der Waals surface area contributed by atoms with Crippen molar-refractivity contribution in [1.29, 1.82) is 0 Å². The summed E-state index contributed by atoms with van der Waals surface area (Å²) in [6, 6.07) is 16.3. The number of nitrogens with zero attached hydrogens (tertiary/aromatic N) is 1. The molecule has 0 bridgehead atoms. The van der Waals surface area contributed by atoms with Gasteiger partial charge in [-0.2, -0.15) is 0 Å². The van der Waals surface area contributed by atoms with Crippen LogP contribution in [0.25, 0.3) is 0 Å². The third-order valence-corrected chi connectivity index (χ3v) is 4.48. The highest BCUT2D eigenvalue weighted by Gasteiger charge is 2.23. The summed E-state index contributed by atoms with van der Waals surface area (Å²) in [6.45, 7) is 2.84. The predicted molar refractivity (Wildman–Crippen MR) is 93.5 cm³/mol. The quantitative estimate of drug-likeness (QED) is 0.835. The first-order valence-corrected chi connectivity index (χ1v) is 8.11. The van der Waals surface area contributed by atoms with Crippen LogP contribution in [0.5, 0.6) is 0 Å². The van der Waals surface area contributed by atoms with Gasteiger partial charge in [0.05, 0.1) is 6.04 Å². The summed E-state index contributed by atoms with van der Waals surface area (Å²) in [5.41, 5.74) is 8.62. The molecular weight excluding hydrogens is 348 g/mol. The van der Waals surface area contributed by atoms with Crippen molar-refractivity contribution in [3.8, 4) is 0 Å². The van der Waals surface area contributed by atoms with Gasteiger partial charge in [-0.25, -0.2) is 0 Å². The molecule has 2 rings (SSSR count). The molecule has 0 aliphatic carbocycles. The first-order valence-electron chi connectivity index (χ1n) is 6.93. The molecule has 2 unspecified atom stereocenters. The molecule has 2 nitrogen and oxygen atoms in total. The fourth-order valence-corrected chi connectivity index (χ4v) is 3.39. The summed E-state index contributed by atoms with van der Waals surface area (Å²) in [4.78, 5) is 2.26. The van der Waals surface area contributed by atoms with Gasteiger partial charge in [0.15, 0.2) is 0 Å². The van der Waals surface area contributed by atoms with Gasteiger partial charge in [-0.1, -0.05) is 57.9 Å². The second-order valence-electron chi connectivity index (χ2n) is 5.37. The van der Waals surface area contributed by atoms with Crippen LogP contribution in [0.15, 0.2) is 53.0 Å². The molecule has 21 heavy (non-hydrogen) atoms. The normalized spacial score (nSPS) is 14.2. The zero-order chi connectivity index (χ0) is 15.4. The highest BCUT2D eigenvalue weighted by molar-refractivity contribution is 9.10. The number of hydrogen-bond donors (Lipinski definition) is 1. The summed E-state index contributed by atoms with van der Waals surface area (Å²) in [7, 11) is 2.09. The standard InChI is InChI=1S/C17H20BrClN2/c1-12(20)17(15-8-3-4-9-16(15)18)21(2)11-13-6-5-7-14(19)10-13/h3-10,12,17H,11,20H2,1-2H3. The fraction of sp³-hybridized carbons (Fsp3) is 0.294. The molecule has 4 heteroatoms. The molecule has 0 radical (unpaired) electrons. The van der Waals surface area contributed by atoms with Crippen LogP contribution in [0.4, 0.5) is 0 Å². The second kappa shape index (κ2) is 7.41. The van der Waals surface area contributed by atoms with Crippen molar-refractivity contribution in [2.75, 3.05) is 7.05 Å². The largest absolute Gasteiger partial charge is 0.326 e. The summed E-state index contributed by atoms with van der Waals surface area (Å²) >= 11 is 9.69. The molecule has 0 aliphatic rings. The SMILES string of the molecule is CC(N)C(c1ccccc1Br)N(C)Cc1cccc(Cl)c1. The number of nitrogens with two attached hydrogens (primary N) is 1. The van der Waals surface area contributed by atoms with Crippen LogP contribution < -0.4 is 5.73 Å². The second-order valence-corrected chi connectivity index (χ2v) is 6.66. The molecule has 0 heterocycles. The molecule has 0 saturated carbocycles. The predicted octanol–water partition coefficient (Wildman–Crippen LogP) is 4.62. The van der Waals surface area contributed by atoms with E-state index in [1.165, 1.54) is 11.1 Å². The van der Waals surface area contributed by atoms with Gasteiger partial charge in [-0.15, -0.1) is 0 Å². The topological polar surface area (TPSA) is 29.3 Å². The Morgan fingerprint density at radius 3 is 2.52 bits per heavy atom. The van der Waals surface area contributed by atoms with E-state index < -0.39 is 0 Å². The minimum absolute atomic E-state index is 0.0212. The minimum atomic E-state index is 0.0212. The average Bonchev–Trinajstić information content (AvgIpc) is 2.41. The van der Waals surface area contributed by atoms with Crippen molar-refractivity contribution in [3.63, 3.8) is 0 Å². The van der Waals surface area contributed by atoms with Crippen LogP contribution in [0, 0.1) is 0 Å². The van der Waals surface area contributed by atoms with E-state index in [1.54, 1.807) is 0 Å². The molecule has 0 spiro atoms. The third kappa shape index (κ3) is 4.30. The Bertz CT molecular complexity index is 601. The number of rotatable bonds is 5. The highest BCUT2D eigenvalue weighted by atomic mass is 79.9. The Hall–Kier alpha value is -0.870. The highest BCUT2D eigenvalue weighted by Crippen LogP contribution is 2.30. The van der Waals surface area contributed by atoms with Gasteiger partial charge >= 0.3 is 0 Å². The van der Waals surface area contributed by atoms with E-state index in [4.69, 9.17) is 17.3 Å². The molecule has 2 N–H and O–H groups in total. The Balaban J connectivity index is 2.24. The number of likely N-dealkylation sites (N-methyl/N-ethyl adjacent to an activating group) is 1.